The molecule has 0 unspecified atom stereocenters. The summed E-state index contributed by atoms with van der Waals surface area (Å²) < 4.78 is 37.3. The van der Waals surface area contributed by atoms with Crippen LogP contribution in [0.2, 0.25) is 5.02 Å². The second kappa shape index (κ2) is 4.41. The van der Waals surface area contributed by atoms with Gasteiger partial charge < -0.3 is 0 Å². The molecule has 1 aromatic heterocycles. The first kappa shape index (κ1) is 12.0. The molecule has 0 saturated heterocycles. The Morgan fingerprint density at radius 3 is 2.53 bits per heavy atom. The standard InChI is InChI=1S/C11H8ClF3N2/c12-9-4-2-1-3-8(9)10-5-6-17(16-10)7-11(13,14)15/h1-6H,7H2. The van der Waals surface area contributed by atoms with Crippen LogP contribution in [0.25, 0.3) is 11.3 Å². The van der Waals surface area contributed by atoms with Gasteiger partial charge in [0.05, 0.1) is 10.7 Å². The Balaban J connectivity index is 2.28. The second-order valence-corrected chi connectivity index (χ2v) is 3.90. The van der Waals surface area contributed by atoms with Gasteiger partial charge in [0.25, 0.3) is 0 Å². The van der Waals surface area contributed by atoms with Crippen LogP contribution in [-0.4, -0.2) is 16.0 Å². The molecule has 0 aliphatic carbocycles. The third-order valence-electron chi connectivity index (χ3n) is 2.13. The van der Waals surface area contributed by atoms with Crippen LogP contribution < -0.4 is 0 Å². The zero-order chi connectivity index (χ0) is 12.5. The minimum absolute atomic E-state index is 0.430. The van der Waals surface area contributed by atoms with Crippen LogP contribution in [0, 0.1) is 0 Å². The molecule has 1 aromatic carbocycles. The van der Waals surface area contributed by atoms with Crippen molar-refractivity contribution in [3.63, 3.8) is 0 Å². The van der Waals surface area contributed by atoms with Crippen LogP contribution in [-0.2, 0) is 6.54 Å². The Morgan fingerprint density at radius 2 is 1.88 bits per heavy atom. The highest BCUT2D eigenvalue weighted by Gasteiger charge is 2.28. The van der Waals surface area contributed by atoms with E-state index in [1.54, 1.807) is 24.3 Å². The van der Waals surface area contributed by atoms with Crippen molar-refractivity contribution in [2.75, 3.05) is 0 Å². The zero-order valence-corrected chi connectivity index (χ0v) is 9.33. The Hall–Kier alpha value is -1.49. The molecule has 0 aliphatic heterocycles. The fourth-order valence-electron chi connectivity index (χ4n) is 1.45. The minimum Gasteiger partial charge on any atom is -0.263 e. The van der Waals surface area contributed by atoms with E-state index in [0.717, 1.165) is 4.68 Å². The van der Waals surface area contributed by atoms with Crippen LogP contribution in [0.3, 0.4) is 0 Å². The largest absolute Gasteiger partial charge is 0.408 e. The van der Waals surface area contributed by atoms with Gasteiger partial charge in [-0.15, -0.1) is 0 Å². The van der Waals surface area contributed by atoms with Gasteiger partial charge in [-0.2, -0.15) is 18.3 Å². The van der Waals surface area contributed by atoms with Gasteiger partial charge in [-0.25, -0.2) is 0 Å². The summed E-state index contributed by atoms with van der Waals surface area (Å²) in [6, 6.07) is 8.39. The number of hydrogen-bond acceptors (Lipinski definition) is 1. The lowest BCUT2D eigenvalue weighted by atomic mass is 10.2. The first-order valence-electron chi connectivity index (χ1n) is 4.81. The van der Waals surface area contributed by atoms with Crippen LogP contribution >= 0.6 is 11.6 Å². The van der Waals surface area contributed by atoms with Crippen molar-refractivity contribution in [3.05, 3.63) is 41.6 Å². The number of aromatic nitrogens is 2. The highest BCUT2D eigenvalue weighted by molar-refractivity contribution is 6.33. The van der Waals surface area contributed by atoms with Crippen molar-refractivity contribution >= 4 is 11.6 Å². The summed E-state index contributed by atoms with van der Waals surface area (Å²) in [7, 11) is 0. The van der Waals surface area contributed by atoms with Crippen molar-refractivity contribution in [3.8, 4) is 11.3 Å². The maximum atomic E-state index is 12.1. The van der Waals surface area contributed by atoms with E-state index in [0.29, 0.717) is 16.3 Å². The molecule has 0 N–H and O–H groups in total. The SMILES string of the molecule is FC(F)(F)Cn1ccc(-c2ccccc2Cl)n1. The molecule has 2 rings (SSSR count). The topological polar surface area (TPSA) is 17.8 Å². The van der Waals surface area contributed by atoms with Crippen molar-refractivity contribution in [1.82, 2.24) is 9.78 Å². The summed E-state index contributed by atoms with van der Waals surface area (Å²) in [4.78, 5) is 0. The van der Waals surface area contributed by atoms with Crippen LogP contribution in [0.5, 0.6) is 0 Å². The van der Waals surface area contributed by atoms with Crippen LogP contribution in [0.15, 0.2) is 36.5 Å². The molecular weight excluding hydrogens is 253 g/mol. The van der Waals surface area contributed by atoms with E-state index >= 15 is 0 Å². The van der Waals surface area contributed by atoms with Gasteiger partial charge in [0.2, 0.25) is 0 Å². The molecule has 2 nitrogen and oxygen atoms in total. The molecule has 0 atom stereocenters. The number of benzene rings is 1. The highest BCUT2D eigenvalue weighted by Crippen LogP contribution is 2.26. The highest BCUT2D eigenvalue weighted by atomic mass is 35.5. The van der Waals surface area contributed by atoms with Gasteiger partial charge in [-0.05, 0) is 12.1 Å². The summed E-state index contributed by atoms with van der Waals surface area (Å²) >= 11 is 5.93. The molecule has 17 heavy (non-hydrogen) atoms. The molecule has 0 saturated carbocycles. The quantitative estimate of drug-likeness (QED) is 0.804. The smallest absolute Gasteiger partial charge is 0.263 e. The molecule has 0 bridgehead atoms. The average molecular weight is 261 g/mol. The number of hydrogen-bond donors (Lipinski definition) is 0. The predicted molar refractivity (Wildman–Crippen MR) is 58.7 cm³/mol. The molecule has 0 amide bonds. The molecule has 90 valence electrons. The number of halogens is 4. The molecule has 1 heterocycles. The molecule has 2 aromatic rings. The van der Waals surface area contributed by atoms with Crippen molar-refractivity contribution < 1.29 is 13.2 Å². The zero-order valence-electron chi connectivity index (χ0n) is 8.58. The van der Waals surface area contributed by atoms with Crippen LogP contribution in [0.1, 0.15) is 0 Å². The van der Waals surface area contributed by atoms with Crippen molar-refractivity contribution in [2.24, 2.45) is 0 Å². The molecule has 0 fully saturated rings. The lowest BCUT2D eigenvalue weighted by Gasteiger charge is -2.05. The molecule has 0 radical (unpaired) electrons. The Labute approximate surface area is 101 Å². The van der Waals surface area contributed by atoms with E-state index in [4.69, 9.17) is 11.6 Å². The molecule has 0 aliphatic rings. The second-order valence-electron chi connectivity index (χ2n) is 3.49. The summed E-state index contributed by atoms with van der Waals surface area (Å²) in [5.41, 5.74) is 1.05. The van der Waals surface area contributed by atoms with E-state index in [1.807, 2.05) is 0 Å². The third kappa shape index (κ3) is 3.00. The van der Waals surface area contributed by atoms with Gasteiger partial charge >= 0.3 is 6.18 Å². The molecular formula is C11H8ClF3N2. The monoisotopic (exact) mass is 260 g/mol. The first-order valence-corrected chi connectivity index (χ1v) is 5.18. The van der Waals surface area contributed by atoms with Crippen molar-refractivity contribution in [1.29, 1.82) is 0 Å². The lowest BCUT2D eigenvalue weighted by molar-refractivity contribution is -0.142. The maximum absolute atomic E-state index is 12.1. The summed E-state index contributed by atoms with van der Waals surface area (Å²) in [6.45, 7) is -1.10. The van der Waals surface area contributed by atoms with Gasteiger partial charge in [0.15, 0.2) is 0 Å². The predicted octanol–water partition coefficient (Wildman–Crippen LogP) is 3.77. The van der Waals surface area contributed by atoms with Gasteiger partial charge in [-0.3, -0.25) is 4.68 Å². The minimum atomic E-state index is -4.27. The van der Waals surface area contributed by atoms with E-state index in [1.165, 1.54) is 12.3 Å². The summed E-state index contributed by atoms with van der Waals surface area (Å²) in [6.07, 6.45) is -2.99. The summed E-state index contributed by atoms with van der Waals surface area (Å²) in [5.74, 6) is 0. The van der Waals surface area contributed by atoms with E-state index in [-0.39, 0.29) is 0 Å². The van der Waals surface area contributed by atoms with E-state index < -0.39 is 12.7 Å². The summed E-state index contributed by atoms with van der Waals surface area (Å²) in [5, 5.41) is 4.30. The van der Waals surface area contributed by atoms with Crippen molar-refractivity contribution in [2.45, 2.75) is 12.7 Å². The van der Waals surface area contributed by atoms with E-state index in [9.17, 15) is 13.2 Å². The Morgan fingerprint density at radius 1 is 1.18 bits per heavy atom. The average Bonchev–Trinajstić information content (AvgIpc) is 2.64. The third-order valence-corrected chi connectivity index (χ3v) is 2.46. The fraction of sp³-hybridized carbons (Fsp3) is 0.182. The lowest BCUT2D eigenvalue weighted by Crippen LogP contribution is -2.17. The number of rotatable bonds is 2. The Bertz CT molecular complexity index is 519. The number of alkyl halides is 3. The normalized spacial score (nSPS) is 11.8. The molecule has 6 heteroatoms. The first-order chi connectivity index (χ1) is 7.96. The maximum Gasteiger partial charge on any atom is 0.408 e. The van der Waals surface area contributed by atoms with E-state index in [2.05, 4.69) is 5.10 Å². The molecule has 0 spiro atoms. The van der Waals surface area contributed by atoms with Gasteiger partial charge in [0, 0.05) is 11.8 Å². The number of nitrogens with zero attached hydrogens (tertiary/aromatic N) is 2. The fourth-order valence-corrected chi connectivity index (χ4v) is 1.68. The van der Waals surface area contributed by atoms with Gasteiger partial charge in [-0.1, -0.05) is 29.8 Å². The van der Waals surface area contributed by atoms with Gasteiger partial charge in [0.1, 0.15) is 6.54 Å². The van der Waals surface area contributed by atoms with Crippen LogP contribution in [0.4, 0.5) is 13.2 Å². The Kier molecular flexibility index (Phi) is 3.11.